The van der Waals surface area contributed by atoms with Crippen molar-refractivity contribution in [3.63, 3.8) is 0 Å². The van der Waals surface area contributed by atoms with Gasteiger partial charge in [-0.2, -0.15) is 0 Å². The van der Waals surface area contributed by atoms with E-state index in [0.29, 0.717) is 17.1 Å². The van der Waals surface area contributed by atoms with Crippen LogP contribution in [0, 0.1) is 6.92 Å². The molecule has 0 aliphatic rings. The Balaban J connectivity index is 0.00000112. The van der Waals surface area contributed by atoms with Gasteiger partial charge in [0, 0.05) is 5.39 Å². The van der Waals surface area contributed by atoms with Gasteiger partial charge in [0.15, 0.2) is 5.75 Å². The minimum atomic E-state index is 0. The van der Waals surface area contributed by atoms with E-state index in [-0.39, 0.29) is 12.4 Å². The van der Waals surface area contributed by atoms with Gasteiger partial charge < -0.3 is 14.0 Å². The van der Waals surface area contributed by atoms with Crippen LogP contribution in [0.1, 0.15) is 5.69 Å². The molecule has 1 heterocycles. The Bertz CT molecular complexity index is 467. The van der Waals surface area contributed by atoms with Crippen LogP contribution in [0.5, 0.6) is 11.5 Å². The van der Waals surface area contributed by atoms with Crippen LogP contribution in [0.15, 0.2) is 16.7 Å². The van der Waals surface area contributed by atoms with E-state index in [9.17, 15) is 0 Å². The summed E-state index contributed by atoms with van der Waals surface area (Å²) < 4.78 is 15.5. The number of aromatic nitrogens is 1. The third-order valence-corrected chi connectivity index (χ3v) is 2.16. The van der Waals surface area contributed by atoms with Gasteiger partial charge in [0.05, 0.1) is 19.9 Å². The zero-order valence-corrected chi connectivity index (χ0v) is 9.55. The van der Waals surface area contributed by atoms with Crippen molar-refractivity contribution in [2.75, 3.05) is 14.2 Å². The zero-order chi connectivity index (χ0) is 10.1. The molecule has 1 aromatic carbocycles. The number of rotatable bonds is 2. The smallest absolute Gasteiger partial charge is 0.212 e. The van der Waals surface area contributed by atoms with Crippen molar-refractivity contribution in [3.05, 3.63) is 17.8 Å². The Morgan fingerprint density at radius 3 is 2.53 bits per heavy atom. The maximum atomic E-state index is 5.20. The topological polar surface area (TPSA) is 44.5 Å². The van der Waals surface area contributed by atoms with Crippen LogP contribution in [-0.2, 0) is 0 Å². The van der Waals surface area contributed by atoms with E-state index >= 15 is 0 Å². The molecule has 0 unspecified atom stereocenters. The number of fused-ring (bicyclic) bond motifs is 1. The van der Waals surface area contributed by atoms with Crippen molar-refractivity contribution in [2.45, 2.75) is 6.92 Å². The monoisotopic (exact) mass is 229 g/mol. The van der Waals surface area contributed by atoms with E-state index in [1.165, 1.54) is 0 Å². The Morgan fingerprint density at radius 2 is 1.93 bits per heavy atom. The molecule has 15 heavy (non-hydrogen) atoms. The van der Waals surface area contributed by atoms with E-state index in [0.717, 1.165) is 11.1 Å². The lowest BCUT2D eigenvalue weighted by Gasteiger charge is -2.05. The maximum absolute atomic E-state index is 5.20. The summed E-state index contributed by atoms with van der Waals surface area (Å²) in [6, 6.07) is 3.74. The first kappa shape index (κ1) is 11.7. The third-order valence-electron chi connectivity index (χ3n) is 2.16. The van der Waals surface area contributed by atoms with Gasteiger partial charge >= 0.3 is 0 Å². The molecule has 0 spiro atoms. The van der Waals surface area contributed by atoms with Crippen molar-refractivity contribution >= 4 is 23.4 Å². The molecule has 5 heteroatoms. The molecule has 1 aromatic heterocycles. The second-order valence-corrected chi connectivity index (χ2v) is 2.95. The second-order valence-electron chi connectivity index (χ2n) is 2.95. The molecular formula is C10H12ClNO3. The first-order valence-corrected chi connectivity index (χ1v) is 4.25. The van der Waals surface area contributed by atoms with Gasteiger partial charge in [0.1, 0.15) is 0 Å². The predicted octanol–water partition coefficient (Wildman–Crippen LogP) is 2.58. The fraction of sp³-hybridized carbons (Fsp3) is 0.300. The first-order chi connectivity index (χ1) is 6.77. The average Bonchev–Trinajstić information content (AvgIpc) is 2.59. The van der Waals surface area contributed by atoms with Crippen molar-refractivity contribution in [1.82, 2.24) is 5.16 Å². The van der Waals surface area contributed by atoms with Gasteiger partial charge in [0.2, 0.25) is 11.3 Å². The Kier molecular flexibility index (Phi) is 3.42. The number of ether oxygens (including phenoxy) is 2. The highest BCUT2D eigenvalue weighted by Crippen LogP contribution is 2.36. The summed E-state index contributed by atoms with van der Waals surface area (Å²) in [7, 11) is 3.17. The molecule has 4 nitrogen and oxygen atoms in total. The molecule has 2 aromatic rings. The summed E-state index contributed by atoms with van der Waals surface area (Å²) in [6.45, 7) is 1.89. The number of benzene rings is 1. The van der Waals surface area contributed by atoms with E-state index < -0.39 is 0 Å². The molecule has 82 valence electrons. The first-order valence-electron chi connectivity index (χ1n) is 4.25. The second kappa shape index (κ2) is 4.40. The van der Waals surface area contributed by atoms with Crippen molar-refractivity contribution < 1.29 is 14.0 Å². The molecule has 0 saturated heterocycles. The molecular weight excluding hydrogens is 218 g/mol. The van der Waals surface area contributed by atoms with Crippen LogP contribution < -0.4 is 9.47 Å². The average molecular weight is 230 g/mol. The van der Waals surface area contributed by atoms with Crippen LogP contribution in [0.4, 0.5) is 0 Å². The molecule has 0 aliphatic heterocycles. The number of aryl methyl sites for hydroxylation is 1. The highest BCUT2D eigenvalue weighted by Gasteiger charge is 2.14. The van der Waals surface area contributed by atoms with Gasteiger partial charge in [-0.1, -0.05) is 5.16 Å². The predicted molar refractivity (Wildman–Crippen MR) is 59.1 cm³/mol. The molecule has 0 amide bonds. The number of methoxy groups -OCH3 is 2. The van der Waals surface area contributed by atoms with Crippen LogP contribution in [0.2, 0.25) is 0 Å². The number of halogens is 1. The highest BCUT2D eigenvalue weighted by molar-refractivity contribution is 5.87. The van der Waals surface area contributed by atoms with Crippen LogP contribution in [0.25, 0.3) is 11.0 Å². The summed E-state index contributed by atoms with van der Waals surface area (Å²) in [5.41, 5.74) is 1.48. The van der Waals surface area contributed by atoms with E-state index in [2.05, 4.69) is 5.16 Å². The summed E-state index contributed by atoms with van der Waals surface area (Å²) in [4.78, 5) is 0. The summed E-state index contributed by atoms with van der Waals surface area (Å²) in [5, 5.41) is 4.82. The molecule has 0 atom stereocenters. The van der Waals surface area contributed by atoms with Gasteiger partial charge in [-0.3, -0.25) is 0 Å². The standard InChI is InChI=1S/C10H11NO3.ClH/c1-6-7-4-5-8(12-2)10(13-3)9(7)14-11-6;/h4-5H,1-3H3;1H. The lowest BCUT2D eigenvalue weighted by atomic mass is 10.2. The molecule has 0 bridgehead atoms. The highest BCUT2D eigenvalue weighted by atomic mass is 35.5. The number of hydrogen-bond donors (Lipinski definition) is 0. The Hall–Kier alpha value is -1.42. The molecule has 0 fully saturated rings. The van der Waals surface area contributed by atoms with Gasteiger partial charge in [-0.15, -0.1) is 12.4 Å². The molecule has 0 N–H and O–H groups in total. The lowest BCUT2D eigenvalue weighted by Crippen LogP contribution is -1.90. The largest absolute Gasteiger partial charge is 0.493 e. The van der Waals surface area contributed by atoms with Gasteiger partial charge in [-0.25, -0.2) is 0 Å². The summed E-state index contributed by atoms with van der Waals surface area (Å²) in [5.74, 6) is 1.24. The van der Waals surface area contributed by atoms with E-state index in [4.69, 9.17) is 14.0 Å². The van der Waals surface area contributed by atoms with Crippen LogP contribution in [0.3, 0.4) is 0 Å². The zero-order valence-electron chi connectivity index (χ0n) is 8.73. The quantitative estimate of drug-likeness (QED) is 0.794. The molecule has 0 aliphatic carbocycles. The Labute approximate surface area is 93.6 Å². The van der Waals surface area contributed by atoms with Crippen molar-refractivity contribution in [2.24, 2.45) is 0 Å². The third kappa shape index (κ3) is 1.72. The fourth-order valence-corrected chi connectivity index (χ4v) is 1.44. The minimum Gasteiger partial charge on any atom is -0.493 e. The molecule has 2 rings (SSSR count). The number of nitrogens with zero attached hydrogens (tertiary/aromatic N) is 1. The van der Waals surface area contributed by atoms with Crippen LogP contribution in [-0.4, -0.2) is 19.4 Å². The normalized spacial score (nSPS) is 9.80. The van der Waals surface area contributed by atoms with Crippen molar-refractivity contribution in [3.8, 4) is 11.5 Å². The van der Waals surface area contributed by atoms with Gasteiger partial charge in [-0.05, 0) is 19.1 Å². The Morgan fingerprint density at radius 1 is 1.20 bits per heavy atom. The van der Waals surface area contributed by atoms with Crippen LogP contribution >= 0.6 is 12.4 Å². The minimum absolute atomic E-state index is 0. The summed E-state index contributed by atoms with van der Waals surface area (Å²) >= 11 is 0. The summed E-state index contributed by atoms with van der Waals surface area (Å²) in [6.07, 6.45) is 0. The fourth-order valence-electron chi connectivity index (χ4n) is 1.44. The molecule has 0 saturated carbocycles. The lowest BCUT2D eigenvalue weighted by molar-refractivity contribution is 0.347. The van der Waals surface area contributed by atoms with E-state index in [1.54, 1.807) is 14.2 Å². The molecule has 0 radical (unpaired) electrons. The van der Waals surface area contributed by atoms with E-state index in [1.807, 2.05) is 19.1 Å². The number of hydrogen-bond acceptors (Lipinski definition) is 4. The SMILES string of the molecule is COc1ccc2c(C)noc2c1OC.Cl. The van der Waals surface area contributed by atoms with Gasteiger partial charge in [0.25, 0.3) is 0 Å². The van der Waals surface area contributed by atoms with Crippen molar-refractivity contribution in [1.29, 1.82) is 0 Å². The maximum Gasteiger partial charge on any atom is 0.212 e.